The second-order valence-electron chi connectivity index (χ2n) is 6.92. The van der Waals surface area contributed by atoms with E-state index in [4.69, 9.17) is 11.6 Å². The number of aromatic nitrogens is 1. The van der Waals surface area contributed by atoms with Gasteiger partial charge in [0.1, 0.15) is 0 Å². The lowest BCUT2D eigenvalue weighted by Crippen LogP contribution is -2.34. The Morgan fingerprint density at radius 3 is 2.68 bits per heavy atom. The van der Waals surface area contributed by atoms with Crippen molar-refractivity contribution >= 4 is 28.9 Å². The monoisotopic (exact) mass is 398 g/mol. The summed E-state index contributed by atoms with van der Waals surface area (Å²) in [6.07, 6.45) is 3.72. The molecule has 1 aliphatic heterocycles. The van der Waals surface area contributed by atoms with Gasteiger partial charge in [0, 0.05) is 41.9 Å². The van der Waals surface area contributed by atoms with Crippen LogP contribution in [0, 0.1) is 0 Å². The van der Waals surface area contributed by atoms with E-state index in [1.54, 1.807) is 7.11 Å². The number of aromatic amines is 1. The average molecular weight is 399 g/mol. The van der Waals surface area contributed by atoms with Gasteiger partial charge in [-0.05, 0) is 55.5 Å². The second-order valence-corrected chi connectivity index (χ2v) is 7.35. The van der Waals surface area contributed by atoms with E-state index in [2.05, 4.69) is 34.0 Å². The molecule has 0 saturated heterocycles. The molecule has 3 aromatic rings. The minimum Gasteiger partial charge on any atom is -0.385 e. The van der Waals surface area contributed by atoms with Crippen molar-refractivity contribution in [2.24, 2.45) is 0 Å². The third-order valence-corrected chi connectivity index (χ3v) is 5.46. The Labute approximate surface area is 171 Å². The van der Waals surface area contributed by atoms with E-state index in [1.807, 2.05) is 36.1 Å². The molecule has 1 unspecified atom stereocenters. The first-order valence-corrected chi connectivity index (χ1v) is 10.1. The lowest BCUT2D eigenvalue weighted by molar-refractivity contribution is -0.120. The molecule has 2 aromatic carbocycles. The number of hydrogen-bond donors (Lipinski definition) is 1. The number of nitrogens with one attached hydrogen (secondary N) is 1. The Hall–Kier alpha value is -2.30. The van der Waals surface area contributed by atoms with E-state index in [1.165, 1.54) is 22.2 Å². The van der Waals surface area contributed by atoms with E-state index < -0.39 is 0 Å². The third-order valence-electron chi connectivity index (χ3n) is 5.23. The fraction of sp³-hybridized carbons (Fsp3) is 0.348. The molecule has 0 bridgehead atoms. The molecule has 1 N–H and O–H groups in total. The molecule has 0 spiro atoms. The summed E-state index contributed by atoms with van der Waals surface area (Å²) in [6, 6.07) is 16.5. The first-order valence-electron chi connectivity index (χ1n) is 9.71. The van der Waals surface area contributed by atoms with Crippen molar-refractivity contribution in [2.75, 3.05) is 20.3 Å². The van der Waals surface area contributed by atoms with Gasteiger partial charge >= 0.3 is 0 Å². The standard InChI is InChI=1S/C20H19ClN2O.C3H8O/c21-15-7-8-18-17(12-15)16-10-11-23(13-24)19(20(16)22-18)9-6-14-4-2-1-3-5-14;1-3-4-2/h1-5,7-8,12-13,19,22H,6,9-11H2;3H2,1-2H3. The van der Waals surface area contributed by atoms with Crippen molar-refractivity contribution in [3.8, 4) is 0 Å². The zero-order valence-corrected chi connectivity index (χ0v) is 17.2. The highest BCUT2D eigenvalue weighted by Gasteiger charge is 2.29. The Morgan fingerprint density at radius 2 is 2.00 bits per heavy atom. The van der Waals surface area contributed by atoms with Crippen molar-refractivity contribution in [3.63, 3.8) is 0 Å². The lowest BCUT2D eigenvalue weighted by Gasteiger charge is -2.33. The van der Waals surface area contributed by atoms with Crippen molar-refractivity contribution < 1.29 is 9.53 Å². The molecule has 0 saturated carbocycles. The number of halogens is 1. The minimum absolute atomic E-state index is 0.0950. The predicted molar refractivity (Wildman–Crippen MR) is 115 cm³/mol. The summed E-state index contributed by atoms with van der Waals surface area (Å²) >= 11 is 6.17. The predicted octanol–water partition coefficient (Wildman–Crippen LogP) is 5.16. The van der Waals surface area contributed by atoms with Gasteiger partial charge in [0.15, 0.2) is 0 Å². The molecule has 2 heterocycles. The largest absolute Gasteiger partial charge is 0.385 e. The number of amides is 1. The first kappa shape index (κ1) is 20.4. The second kappa shape index (κ2) is 9.76. The summed E-state index contributed by atoms with van der Waals surface area (Å²) in [5, 5.41) is 1.94. The van der Waals surface area contributed by atoms with Gasteiger partial charge in [-0.1, -0.05) is 41.9 Å². The molecule has 0 aliphatic carbocycles. The molecular formula is C23H27ClN2O2. The van der Waals surface area contributed by atoms with Gasteiger partial charge in [0.2, 0.25) is 6.41 Å². The SMILES string of the molecule is CCOC.O=CN1CCc2c([nH]c3ccc(Cl)cc23)C1CCc1ccccc1. The number of aryl methyl sites for hydroxylation is 1. The number of fused-ring (bicyclic) bond motifs is 3. The van der Waals surface area contributed by atoms with Crippen molar-refractivity contribution in [2.45, 2.75) is 32.2 Å². The molecule has 0 radical (unpaired) electrons. The van der Waals surface area contributed by atoms with Crippen molar-refractivity contribution in [3.05, 3.63) is 70.4 Å². The fourth-order valence-corrected chi connectivity index (χ4v) is 3.91. The number of H-pyrrole nitrogens is 1. The quantitative estimate of drug-likeness (QED) is 0.603. The topological polar surface area (TPSA) is 45.3 Å². The third kappa shape index (κ3) is 4.57. The number of hydrogen-bond acceptors (Lipinski definition) is 2. The number of benzene rings is 2. The highest BCUT2D eigenvalue weighted by Crippen LogP contribution is 2.37. The highest BCUT2D eigenvalue weighted by molar-refractivity contribution is 6.31. The van der Waals surface area contributed by atoms with Crippen LogP contribution in [0.3, 0.4) is 0 Å². The maximum atomic E-state index is 11.6. The number of nitrogens with zero attached hydrogens (tertiary/aromatic N) is 1. The van der Waals surface area contributed by atoms with Crippen LogP contribution in [-0.2, 0) is 22.4 Å². The molecule has 4 nitrogen and oxygen atoms in total. The number of ether oxygens (including phenoxy) is 1. The molecular weight excluding hydrogens is 372 g/mol. The van der Waals surface area contributed by atoms with E-state index in [0.717, 1.165) is 49.4 Å². The smallest absolute Gasteiger partial charge is 0.210 e. The van der Waals surface area contributed by atoms with E-state index in [9.17, 15) is 4.79 Å². The highest BCUT2D eigenvalue weighted by atomic mass is 35.5. The van der Waals surface area contributed by atoms with Crippen LogP contribution in [0.1, 0.15) is 36.2 Å². The summed E-state index contributed by atoms with van der Waals surface area (Å²) < 4.78 is 4.54. The van der Waals surface area contributed by atoms with Gasteiger partial charge < -0.3 is 14.6 Å². The van der Waals surface area contributed by atoms with Gasteiger partial charge in [-0.15, -0.1) is 0 Å². The summed E-state index contributed by atoms with van der Waals surface area (Å²) in [7, 11) is 1.68. The minimum atomic E-state index is 0.0950. The molecule has 148 valence electrons. The van der Waals surface area contributed by atoms with E-state index in [-0.39, 0.29) is 6.04 Å². The summed E-state index contributed by atoms with van der Waals surface area (Å²) in [5.74, 6) is 0. The molecule has 0 fully saturated rings. The van der Waals surface area contributed by atoms with Crippen LogP contribution < -0.4 is 0 Å². The summed E-state index contributed by atoms with van der Waals surface area (Å²) in [4.78, 5) is 17.0. The molecule has 1 aliphatic rings. The lowest BCUT2D eigenvalue weighted by atomic mass is 9.93. The van der Waals surface area contributed by atoms with Gasteiger partial charge in [-0.3, -0.25) is 4.79 Å². The summed E-state index contributed by atoms with van der Waals surface area (Å²) in [5.41, 5.74) is 4.88. The fourth-order valence-electron chi connectivity index (χ4n) is 3.74. The Balaban J connectivity index is 0.000000516. The van der Waals surface area contributed by atoms with Crippen LogP contribution in [0.2, 0.25) is 5.02 Å². The van der Waals surface area contributed by atoms with Crippen molar-refractivity contribution in [1.82, 2.24) is 9.88 Å². The van der Waals surface area contributed by atoms with E-state index >= 15 is 0 Å². The summed E-state index contributed by atoms with van der Waals surface area (Å²) in [6.45, 7) is 3.54. The van der Waals surface area contributed by atoms with Crippen LogP contribution in [-0.4, -0.2) is 36.6 Å². The van der Waals surface area contributed by atoms with Crippen LogP contribution in [0.25, 0.3) is 10.9 Å². The molecule has 4 rings (SSSR count). The maximum absolute atomic E-state index is 11.6. The van der Waals surface area contributed by atoms with E-state index in [0.29, 0.717) is 0 Å². The number of rotatable bonds is 5. The van der Waals surface area contributed by atoms with Gasteiger partial charge in [-0.25, -0.2) is 0 Å². The molecule has 28 heavy (non-hydrogen) atoms. The maximum Gasteiger partial charge on any atom is 0.210 e. The van der Waals surface area contributed by atoms with Gasteiger partial charge in [-0.2, -0.15) is 0 Å². The molecule has 5 heteroatoms. The zero-order chi connectivity index (χ0) is 19.9. The Bertz CT molecular complexity index is 906. The van der Waals surface area contributed by atoms with Gasteiger partial charge in [0.25, 0.3) is 0 Å². The van der Waals surface area contributed by atoms with Crippen LogP contribution in [0.15, 0.2) is 48.5 Å². The Kier molecular flexibility index (Phi) is 7.12. The number of carbonyl (C=O) groups excluding carboxylic acids is 1. The molecule has 1 aromatic heterocycles. The number of methoxy groups -OCH3 is 1. The van der Waals surface area contributed by atoms with Crippen LogP contribution >= 0.6 is 11.6 Å². The zero-order valence-electron chi connectivity index (χ0n) is 16.5. The number of carbonyl (C=O) groups is 1. The Morgan fingerprint density at radius 1 is 1.25 bits per heavy atom. The van der Waals surface area contributed by atoms with Crippen LogP contribution in [0.4, 0.5) is 0 Å². The average Bonchev–Trinajstić information content (AvgIpc) is 3.11. The van der Waals surface area contributed by atoms with Crippen molar-refractivity contribution in [1.29, 1.82) is 0 Å². The first-order chi connectivity index (χ1) is 13.7. The molecule has 1 atom stereocenters. The molecule has 1 amide bonds. The van der Waals surface area contributed by atoms with Crippen LogP contribution in [0.5, 0.6) is 0 Å². The van der Waals surface area contributed by atoms with Gasteiger partial charge in [0.05, 0.1) is 6.04 Å². The normalized spacial score (nSPS) is 15.7.